The molecule has 1 saturated heterocycles. The first-order chi connectivity index (χ1) is 12.5. The summed E-state index contributed by atoms with van der Waals surface area (Å²) in [5, 5.41) is 0. The Morgan fingerprint density at radius 3 is 1.78 bits per heavy atom. The Balaban J connectivity index is 3.29. The maximum absolute atomic E-state index is 11.6. The molecule has 1 amide bonds. The van der Waals surface area contributed by atoms with Gasteiger partial charge in [-0.3, -0.25) is 24.0 Å². The van der Waals surface area contributed by atoms with Crippen molar-refractivity contribution in [1.82, 2.24) is 0 Å². The Bertz CT molecular complexity index is 604. The molecule has 0 aromatic heterocycles. The number of carbonyl (C=O) groups excluding carboxylic acids is 5. The molecule has 1 rings (SSSR count). The molecule has 0 spiro atoms. The van der Waals surface area contributed by atoms with E-state index in [4.69, 9.17) is 29.4 Å². The third kappa shape index (κ3) is 7.21. The first kappa shape index (κ1) is 22.4. The fourth-order valence-electron chi connectivity index (χ4n) is 2.70. The molecule has 0 radical (unpaired) electrons. The lowest BCUT2D eigenvalue weighted by Crippen LogP contribution is -2.60. The smallest absolute Gasteiger partial charge is 0.304 e. The Morgan fingerprint density at radius 2 is 1.33 bits per heavy atom. The number of amides is 1. The molecule has 152 valence electrons. The topological polar surface area (TPSA) is 158 Å². The molecule has 0 bridgehead atoms. The van der Waals surface area contributed by atoms with Crippen molar-refractivity contribution in [1.29, 1.82) is 0 Å². The van der Waals surface area contributed by atoms with Gasteiger partial charge < -0.3 is 29.4 Å². The van der Waals surface area contributed by atoms with Crippen molar-refractivity contribution in [3.8, 4) is 0 Å². The lowest BCUT2D eigenvalue weighted by Gasteiger charge is -2.44. The average Bonchev–Trinajstić information content (AvgIpc) is 2.49. The van der Waals surface area contributed by atoms with Crippen molar-refractivity contribution in [2.75, 3.05) is 6.61 Å². The zero-order chi connectivity index (χ0) is 20.7. The molecule has 0 aromatic rings. The van der Waals surface area contributed by atoms with Crippen LogP contribution in [0.15, 0.2) is 0 Å². The van der Waals surface area contributed by atoms with Crippen molar-refractivity contribution in [2.45, 2.75) is 58.7 Å². The van der Waals surface area contributed by atoms with Crippen molar-refractivity contribution in [3.05, 3.63) is 0 Å². The highest BCUT2D eigenvalue weighted by atomic mass is 16.7. The first-order valence-electron chi connectivity index (χ1n) is 8.10. The summed E-state index contributed by atoms with van der Waals surface area (Å²) >= 11 is 0. The summed E-state index contributed by atoms with van der Waals surface area (Å²) in [6.07, 6.45) is -5.28. The fourth-order valence-corrected chi connectivity index (χ4v) is 2.70. The molecule has 0 aliphatic carbocycles. The van der Waals surface area contributed by atoms with Crippen molar-refractivity contribution in [2.24, 2.45) is 11.7 Å². The second-order valence-electron chi connectivity index (χ2n) is 5.94. The molecule has 11 heteroatoms. The van der Waals surface area contributed by atoms with Crippen molar-refractivity contribution < 1.29 is 47.7 Å². The molecule has 1 fully saturated rings. The van der Waals surface area contributed by atoms with Crippen LogP contribution in [0.25, 0.3) is 0 Å². The van der Waals surface area contributed by atoms with Gasteiger partial charge in [0, 0.05) is 34.1 Å². The van der Waals surface area contributed by atoms with Crippen LogP contribution in [0.5, 0.6) is 0 Å². The lowest BCUT2D eigenvalue weighted by atomic mass is 9.87. The minimum Gasteiger partial charge on any atom is -0.463 e. The maximum atomic E-state index is 11.6. The van der Waals surface area contributed by atoms with E-state index < -0.39 is 60.3 Å². The van der Waals surface area contributed by atoms with Gasteiger partial charge in [0.25, 0.3) is 0 Å². The summed E-state index contributed by atoms with van der Waals surface area (Å²) in [6.45, 7) is 4.14. The Labute approximate surface area is 155 Å². The van der Waals surface area contributed by atoms with E-state index in [9.17, 15) is 24.0 Å². The molecule has 1 aliphatic heterocycles. The fraction of sp³-hybridized carbons (Fsp3) is 0.688. The third-order valence-corrected chi connectivity index (χ3v) is 3.54. The van der Waals surface area contributed by atoms with E-state index >= 15 is 0 Å². The monoisotopic (exact) mass is 389 g/mol. The van der Waals surface area contributed by atoms with Crippen LogP contribution in [0.2, 0.25) is 0 Å². The van der Waals surface area contributed by atoms with E-state index in [1.807, 2.05) is 0 Å². The molecular formula is C16H23NO10. The van der Waals surface area contributed by atoms with Gasteiger partial charge in [-0.25, -0.2) is 0 Å². The van der Waals surface area contributed by atoms with E-state index in [-0.39, 0.29) is 13.0 Å². The predicted molar refractivity (Wildman–Crippen MR) is 85.5 cm³/mol. The standard InChI is InChI=1S/C16H23NO10/c1-7(18)23-6-12-15(25-9(3)20)14(24-8(2)19)11(5-13(17)22)16(27-12)26-10(4)21/h11-12,14-16H,5-6H2,1-4H3,(H2,17,22)/t11-,12+,14+,15+,16-/m0/s1. The van der Waals surface area contributed by atoms with E-state index in [1.165, 1.54) is 0 Å². The number of primary amides is 1. The predicted octanol–water partition coefficient (Wildman–Crippen LogP) is -0.807. The van der Waals surface area contributed by atoms with E-state index in [1.54, 1.807) is 0 Å². The summed E-state index contributed by atoms with van der Waals surface area (Å²) in [4.78, 5) is 57.1. The van der Waals surface area contributed by atoms with Gasteiger partial charge in [-0.05, 0) is 0 Å². The van der Waals surface area contributed by atoms with Crippen LogP contribution in [-0.4, -0.2) is 61.0 Å². The number of carbonyl (C=O) groups is 5. The van der Waals surface area contributed by atoms with Crippen LogP contribution >= 0.6 is 0 Å². The second-order valence-corrected chi connectivity index (χ2v) is 5.94. The molecule has 1 heterocycles. The summed E-state index contributed by atoms with van der Waals surface area (Å²) in [5.74, 6) is -4.63. The van der Waals surface area contributed by atoms with Crippen molar-refractivity contribution in [3.63, 3.8) is 0 Å². The molecule has 11 nitrogen and oxygen atoms in total. The Kier molecular flexibility index (Phi) is 8.16. The second kappa shape index (κ2) is 9.86. The van der Waals surface area contributed by atoms with Gasteiger partial charge in [-0.15, -0.1) is 0 Å². The van der Waals surface area contributed by atoms with Crippen LogP contribution < -0.4 is 5.73 Å². The SMILES string of the molecule is CC(=O)OC[C@H]1O[C@H](OC(C)=O)[C@@H](CC(N)=O)[C@@H](OC(C)=O)[C@@H]1OC(C)=O. The number of ether oxygens (including phenoxy) is 5. The third-order valence-electron chi connectivity index (χ3n) is 3.54. The van der Waals surface area contributed by atoms with Crippen LogP contribution in [0.3, 0.4) is 0 Å². The van der Waals surface area contributed by atoms with Crippen LogP contribution in [0.4, 0.5) is 0 Å². The van der Waals surface area contributed by atoms with E-state index in [0.717, 1.165) is 27.7 Å². The minimum absolute atomic E-state index is 0.369. The molecule has 1 aliphatic rings. The molecule has 0 aromatic carbocycles. The highest BCUT2D eigenvalue weighted by Gasteiger charge is 2.51. The number of rotatable bonds is 7. The zero-order valence-corrected chi connectivity index (χ0v) is 15.5. The molecule has 2 N–H and O–H groups in total. The summed E-state index contributed by atoms with van der Waals surface area (Å²) in [6, 6.07) is 0. The van der Waals surface area contributed by atoms with E-state index in [0.29, 0.717) is 0 Å². The van der Waals surface area contributed by atoms with Gasteiger partial charge in [0.05, 0.1) is 5.92 Å². The number of nitrogens with two attached hydrogens (primary N) is 1. The highest BCUT2D eigenvalue weighted by Crippen LogP contribution is 2.34. The quantitative estimate of drug-likeness (QED) is 0.431. The first-order valence-corrected chi connectivity index (χ1v) is 8.10. The molecular weight excluding hydrogens is 366 g/mol. The van der Waals surface area contributed by atoms with Crippen LogP contribution in [0, 0.1) is 5.92 Å². The minimum atomic E-state index is -1.34. The number of hydrogen-bond donors (Lipinski definition) is 1. The van der Waals surface area contributed by atoms with Crippen molar-refractivity contribution >= 4 is 29.8 Å². The summed E-state index contributed by atoms with van der Waals surface area (Å²) in [5.41, 5.74) is 5.24. The van der Waals surface area contributed by atoms with Crippen LogP contribution in [0.1, 0.15) is 34.1 Å². The lowest BCUT2D eigenvalue weighted by molar-refractivity contribution is -0.283. The zero-order valence-electron chi connectivity index (χ0n) is 15.5. The average molecular weight is 389 g/mol. The van der Waals surface area contributed by atoms with E-state index in [2.05, 4.69) is 0 Å². The largest absolute Gasteiger partial charge is 0.463 e. The van der Waals surface area contributed by atoms with Gasteiger partial charge >= 0.3 is 23.9 Å². The summed E-state index contributed by atoms with van der Waals surface area (Å²) in [7, 11) is 0. The maximum Gasteiger partial charge on any atom is 0.304 e. The Hall–Kier alpha value is -2.69. The van der Waals surface area contributed by atoms with Gasteiger partial charge in [0.2, 0.25) is 12.2 Å². The number of hydrogen-bond acceptors (Lipinski definition) is 10. The summed E-state index contributed by atoms with van der Waals surface area (Å²) < 4.78 is 26.0. The van der Waals surface area contributed by atoms with Gasteiger partial charge in [0.15, 0.2) is 12.2 Å². The molecule has 5 atom stereocenters. The molecule has 0 saturated carbocycles. The molecule has 27 heavy (non-hydrogen) atoms. The highest BCUT2D eigenvalue weighted by molar-refractivity contribution is 5.74. The van der Waals surface area contributed by atoms with Gasteiger partial charge in [-0.1, -0.05) is 0 Å². The number of esters is 4. The molecule has 0 unspecified atom stereocenters. The van der Waals surface area contributed by atoms with Crippen LogP contribution in [-0.2, 0) is 47.7 Å². The van der Waals surface area contributed by atoms with Gasteiger partial charge in [0.1, 0.15) is 12.7 Å². The van der Waals surface area contributed by atoms with Gasteiger partial charge in [-0.2, -0.15) is 0 Å². The normalized spacial score (nSPS) is 27.2. The Morgan fingerprint density at radius 1 is 0.815 bits per heavy atom.